The van der Waals surface area contributed by atoms with E-state index >= 15 is 0 Å². The molecule has 0 aliphatic heterocycles. The minimum absolute atomic E-state index is 0.0969. The zero-order chi connectivity index (χ0) is 15.6. The summed E-state index contributed by atoms with van der Waals surface area (Å²) in [6, 6.07) is 2.08. The van der Waals surface area contributed by atoms with Gasteiger partial charge in [0.2, 0.25) is 0 Å². The Bertz CT molecular complexity index is 489. The average molecular weight is 328 g/mol. The summed E-state index contributed by atoms with van der Waals surface area (Å²) >= 11 is 0.514. The Kier molecular flexibility index (Phi) is 5.35. The lowest BCUT2D eigenvalue weighted by molar-refractivity contribution is 0.410. The fraction of sp³-hybridized carbons (Fsp3) is 0.667. The molecule has 1 aliphatic rings. The lowest BCUT2D eigenvalue weighted by atomic mass is 9.97. The van der Waals surface area contributed by atoms with E-state index in [-0.39, 0.29) is 16.6 Å². The van der Waals surface area contributed by atoms with Gasteiger partial charge in [0.15, 0.2) is 0 Å². The summed E-state index contributed by atoms with van der Waals surface area (Å²) in [5, 5.41) is 9.46. The van der Waals surface area contributed by atoms with Crippen LogP contribution in [0.3, 0.4) is 0 Å². The topological polar surface area (TPSA) is 85.0 Å². The number of nitrogen functional groups attached to an aromatic ring is 1. The van der Waals surface area contributed by atoms with Gasteiger partial charge in [-0.3, -0.25) is 5.41 Å². The molecule has 1 aliphatic carbocycles. The second kappa shape index (κ2) is 6.69. The van der Waals surface area contributed by atoms with Crippen LogP contribution in [0, 0.1) is 11.3 Å². The molecule has 6 heteroatoms. The van der Waals surface area contributed by atoms with Crippen LogP contribution in [0.2, 0.25) is 0 Å². The Morgan fingerprint density at radius 1 is 1.48 bits per heavy atom. The van der Waals surface area contributed by atoms with E-state index in [9.17, 15) is 4.55 Å². The molecule has 0 spiro atoms. The van der Waals surface area contributed by atoms with Gasteiger partial charge in [-0.05, 0) is 45.6 Å². The zero-order valence-corrected chi connectivity index (χ0v) is 14.6. The van der Waals surface area contributed by atoms with Crippen LogP contribution in [-0.4, -0.2) is 15.1 Å². The van der Waals surface area contributed by atoms with Gasteiger partial charge in [0.05, 0.1) is 6.04 Å². The van der Waals surface area contributed by atoms with E-state index in [1.165, 1.54) is 25.7 Å². The predicted molar refractivity (Wildman–Crippen MR) is 91.1 cm³/mol. The van der Waals surface area contributed by atoms with Crippen LogP contribution in [0.25, 0.3) is 0 Å². The molecule has 1 aromatic heterocycles. The summed E-state index contributed by atoms with van der Waals surface area (Å²) in [7, 11) is 0. The molecular formula is C15H25N3OS2. The van der Waals surface area contributed by atoms with Crippen molar-refractivity contribution in [3.8, 4) is 0 Å². The molecular weight excluding hydrogens is 302 g/mol. The molecule has 0 radical (unpaired) electrons. The van der Waals surface area contributed by atoms with Crippen molar-refractivity contribution >= 4 is 28.5 Å². The Morgan fingerprint density at radius 3 is 2.57 bits per heavy atom. The molecule has 1 heterocycles. The minimum Gasteiger partial charge on any atom is -0.598 e. The molecule has 0 bridgehead atoms. The lowest BCUT2D eigenvalue weighted by Gasteiger charge is -2.30. The molecule has 118 valence electrons. The lowest BCUT2D eigenvalue weighted by Crippen LogP contribution is -2.42. The highest BCUT2D eigenvalue weighted by atomic mass is 32.2. The van der Waals surface area contributed by atoms with Gasteiger partial charge in [0.25, 0.3) is 0 Å². The fourth-order valence-electron chi connectivity index (χ4n) is 2.63. The van der Waals surface area contributed by atoms with Gasteiger partial charge < -0.3 is 10.3 Å². The summed E-state index contributed by atoms with van der Waals surface area (Å²) in [6.45, 7) is 5.95. The third-order valence-corrected chi connectivity index (χ3v) is 6.49. The summed E-state index contributed by atoms with van der Waals surface area (Å²) in [5.41, 5.74) is 6.33. The standard InChI is InChI=1S/C15H25N3OS2/c1-15(2,3)21(19)18-13(10-6-4-5-7-10)12-8-11(9-20-12)14(16)17/h8-10,13,18H,4-7H2,1-3H3,(H3,16,17)/t13-,21?/m1/s1. The first-order valence-corrected chi connectivity index (χ1v) is 9.43. The zero-order valence-electron chi connectivity index (χ0n) is 12.9. The van der Waals surface area contributed by atoms with Crippen molar-refractivity contribution in [3.63, 3.8) is 0 Å². The number of amidine groups is 1. The SMILES string of the molecule is CC(C)(C)[S+]([O-])N[C@@H](c1cc(C(=N)N)cs1)C1CCCC1. The van der Waals surface area contributed by atoms with Gasteiger partial charge in [-0.2, -0.15) is 0 Å². The average Bonchev–Trinajstić information content (AvgIpc) is 3.05. The Labute approximate surface area is 134 Å². The molecule has 1 unspecified atom stereocenters. The van der Waals surface area contributed by atoms with E-state index in [1.807, 2.05) is 32.2 Å². The van der Waals surface area contributed by atoms with Crippen LogP contribution in [0.4, 0.5) is 0 Å². The summed E-state index contributed by atoms with van der Waals surface area (Å²) < 4.78 is 15.5. The van der Waals surface area contributed by atoms with Crippen molar-refractivity contribution in [2.45, 2.75) is 57.2 Å². The van der Waals surface area contributed by atoms with E-state index < -0.39 is 11.4 Å². The van der Waals surface area contributed by atoms with Crippen LogP contribution < -0.4 is 10.5 Å². The minimum atomic E-state index is -1.09. The number of thiophene rings is 1. The van der Waals surface area contributed by atoms with E-state index in [1.54, 1.807) is 11.3 Å². The predicted octanol–water partition coefficient (Wildman–Crippen LogP) is 3.32. The number of rotatable bonds is 5. The molecule has 4 nitrogen and oxygen atoms in total. The van der Waals surface area contributed by atoms with E-state index in [0.717, 1.165) is 10.4 Å². The molecule has 1 fully saturated rings. The summed E-state index contributed by atoms with van der Waals surface area (Å²) in [6.07, 6.45) is 4.84. The quantitative estimate of drug-likeness (QED) is 0.440. The van der Waals surface area contributed by atoms with Crippen LogP contribution >= 0.6 is 11.3 Å². The van der Waals surface area contributed by atoms with E-state index in [0.29, 0.717) is 5.92 Å². The third kappa shape index (κ3) is 4.22. The highest BCUT2D eigenvalue weighted by Gasteiger charge is 2.35. The number of nitrogens with two attached hydrogens (primary N) is 1. The van der Waals surface area contributed by atoms with Crippen LogP contribution in [0.15, 0.2) is 11.4 Å². The van der Waals surface area contributed by atoms with Crippen molar-refractivity contribution < 1.29 is 4.55 Å². The molecule has 0 aromatic carbocycles. The Morgan fingerprint density at radius 2 is 2.10 bits per heavy atom. The largest absolute Gasteiger partial charge is 0.598 e. The van der Waals surface area contributed by atoms with Crippen LogP contribution in [0.1, 0.15) is 62.9 Å². The van der Waals surface area contributed by atoms with Gasteiger partial charge in [-0.15, -0.1) is 16.1 Å². The Hall–Kier alpha value is -0.560. The smallest absolute Gasteiger partial charge is 0.136 e. The third-order valence-electron chi connectivity index (χ3n) is 3.90. The van der Waals surface area contributed by atoms with Gasteiger partial charge in [0, 0.05) is 27.2 Å². The van der Waals surface area contributed by atoms with Gasteiger partial charge in [-0.1, -0.05) is 12.8 Å². The van der Waals surface area contributed by atoms with Crippen molar-refractivity contribution in [2.75, 3.05) is 0 Å². The van der Waals surface area contributed by atoms with Crippen molar-refractivity contribution in [2.24, 2.45) is 11.7 Å². The van der Waals surface area contributed by atoms with E-state index in [4.69, 9.17) is 11.1 Å². The molecule has 0 amide bonds. The number of hydrogen-bond donors (Lipinski definition) is 3. The van der Waals surface area contributed by atoms with Crippen molar-refractivity contribution in [1.29, 1.82) is 5.41 Å². The van der Waals surface area contributed by atoms with Crippen LogP contribution in [0.5, 0.6) is 0 Å². The molecule has 4 N–H and O–H groups in total. The summed E-state index contributed by atoms with van der Waals surface area (Å²) in [5.74, 6) is 0.620. The highest BCUT2D eigenvalue weighted by molar-refractivity contribution is 7.90. The monoisotopic (exact) mass is 327 g/mol. The normalized spacial score (nSPS) is 19.6. The molecule has 1 aromatic rings. The maximum Gasteiger partial charge on any atom is 0.136 e. The maximum absolute atomic E-state index is 12.5. The first kappa shape index (κ1) is 16.8. The first-order valence-electron chi connectivity index (χ1n) is 7.40. The van der Waals surface area contributed by atoms with Gasteiger partial charge in [-0.25, -0.2) is 0 Å². The fourth-order valence-corrected chi connectivity index (χ4v) is 4.66. The second-order valence-corrected chi connectivity index (χ2v) is 9.61. The highest BCUT2D eigenvalue weighted by Crippen LogP contribution is 2.39. The molecule has 2 atom stereocenters. The summed E-state index contributed by atoms with van der Waals surface area (Å²) in [4.78, 5) is 1.14. The molecule has 0 saturated heterocycles. The van der Waals surface area contributed by atoms with E-state index in [2.05, 4.69) is 4.72 Å². The first-order chi connectivity index (χ1) is 9.79. The van der Waals surface area contributed by atoms with Gasteiger partial charge >= 0.3 is 0 Å². The molecule has 1 saturated carbocycles. The second-order valence-electron chi connectivity index (χ2n) is 6.67. The maximum atomic E-state index is 12.5. The van der Waals surface area contributed by atoms with Crippen molar-refractivity contribution in [3.05, 3.63) is 21.9 Å². The van der Waals surface area contributed by atoms with Gasteiger partial charge in [0.1, 0.15) is 10.6 Å². The molecule has 21 heavy (non-hydrogen) atoms. The number of hydrogen-bond acceptors (Lipinski definition) is 4. The molecule has 2 rings (SSSR count). The number of nitrogens with one attached hydrogen (secondary N) is 2. The Balaban J connectivity index is 2.20. The van der Waals surface area contributed by atoms with Crippen molar-refractivity contribution in [1.82, 2.24) is 4.72 Å². The van der Waals surface area contributed by atoms with Crippen LogP contribution in [-0.2, 0) is 11.4 Å².